The van der Waals surface area contributed by atoms with Gasteiger partial charge in [-0.25, -0.2) is 0 Å². The molecule has 0 radical (unpaired) electrons. The molecule has 4 rings (SSSR count). The van der Waals surface area contributed by atoms with Crippen molar-refractivity contribution in [2.45, 2.75) is 12.8 Å². The Bertz CT molecular complexity index is 1110. The summed E-state index contributed by atoms with van der Waals surface area (Å²) in [5, 5.41) is 0. The molecule has 1 amide bonds. The van der Waals surface area contributed by atoms with E-state index in [2.05, 4.69) is 0 Å². The predicted molar refractivity (Wildman–Crippen MR) is 122 cm³/mol. The molecule has 1 saturated heterocycles. The highest BCUT2D eigenvalue weighted by Gasteiger charge is 2.30. The molecule has 0 spiro atoms. The predicted octanol–water partition coefficient (Wildman–Crippen LogP) is 4.66. The van der Waals surface area contributed by atoms with Gasteiger partial charge in [-0.15, -0.1) is 0 Å². The van der Waals surface area contributed by atoms with Crippen LogP contribution in [0.1, 0.15) is 49.5 Å². The summed E-state index contributed by atoms with van der Waals surface area (Å²) in [7, 11) is 1.59. The smallest absolute Gasteiger partial charge is 0.254 e. The molecule has 0 N–H and O–H groups in total. The van der Waals surface area contributed by atoms with Crippen molar-refractivity contribution >= 4 is 17.5 Å². The molecule has 3 aromatic carbocycles. The number of nitrogens with zero attached hydrogens (tertiary/aromatic N) is 1. The molecule has 1 heterocycles. The third-order valence-electron chi connectivity index (χ3n) is 5.97. The Morgan fingerprint density at radius 1 is 0.750 bits per heavy atom. The number of benzene rings is 3. The second-order valence-electron chi connectivity index (χ2n) is 7.90. The summed E-state index contributed by atoms with van der Waals surface area (Å²) in [6.45, 7) is 0.971. The zero-order valence-electron chi connectivity index (χ0n) is 18.0. The molecule has 0 bridgehead atoms. The van der Waals surface area contributed by atoms with Crippen molar-refractivity contribution in [3.8, 4) is 5.75 Å². The van der Waals surface area contributed by atoms with E-state index in [1.807, 2.05) is 18.2 Å². The van der Waals surface area contributed by atoms with Crippen LogP contribution in [-0.2, 0) is 0 Å². The van der Waals surface area contributed by atoms with Crippen molar-refractivity contribution < 1.29 is 19.1 Å². The van der Waals surface area contributed by atoms with Crippen molar-refractivity contribution in [1.29, 1.82) is 0 Å². The SMILES string of the molecule is COc1ccc(C(=O)C2CCN(C(=O)c3ccccc3C(=O)c3ccccc3)CC2)cc1. The van der Waals surface area contributed by atoms with Crippen molar-refractivity contribution in [2.24, 2.45) is 5.92 Å². The van der Waals surface area contributed by atoms with E-state index in [0.29, 0.717) is 53.9 Å². The highest BCUT2D eigenvalue weighted by molar-refractivity contribution is 6.15. The van der Waals surface area contributed by atoms with E-state index in [4.69, 9.17) is 4.74 Å². The molecule has 162 valence electrons. The normalized spacial score (nSPS) is 14.1. The number of likely N-dealkylation sites (tertiary alicyclic amines) is 1. The van der Waals surface area contributed by atoms with E-state index in [0.717, 1.165) is 0 Å². The summed E-state index contributed by atoms with van der Waals surface area (Å²) >= 11 is 0. The van der Waals surface area contributed by atoms with E-state index in [9.17, 15) is 14.4 Å². The van der Waals surface area contributed by atoms with Gasteiger partial charge in [-0.1, -0.05) is 48.5 Å². The molecule has 0 aromatic heterocycles. The zero-order valence-corrected chi connectivity index (χ0v) is 18.0. The van der Waals surface area contributed by atoms with Gasteiger partial charge in [0.15, 0.2) is 11.6 Å². The second-order valence-corrected chi connectivity index (χ2v) is 7.90. The summed E-state index contributed by atoms with van der Waals surface area (Å²) in [5.41, 5.74) is 2.02. The van der Waals surface area contributed by atoms with Crippen molar-refractivity contribution in [2.75, 3.05) is 20.2 Å². The first-order valence-electron chi connectivity index (χ1n) is 10.7. The second kappa shape index (κ2) is 9.60. The summed E-state index contributed by atoms with van der Waals surface area (Å²) in [6, 6.07) is 23.0. The molecule has 1 fully saturated rings. The number of ether oxygens (including phenoxy) is 1. The number of amides is 1. The fraction of sp³-hybridized carbons (Fsp3) is 0.222. The van der Waals surface area contributed by atoms with E-state index in [1.54, 1.807) is 72.7 Å². The molecular formula is C27H25NO4. The summed E-state index contributed by atoms with van der Waals surface area (Å²) < 4.78 is 5.15. The number of hydrogen-bond acceptors (Lipinski definition) is 4. The van der Waals surface area contributed by atoms with Crippen LogP contribution in [0.15, 0.2) is 78.9 Å². The van der Waals surface area contributed by atoms with Crippen LogP contribution < -0.4 is 4.74 Å². The number of rotatable bonds is 6. The summed E-state index contributed by atoms with van der Waals surface area (Å²) in [5.74, 6) is 0.359. The highest BCUT2D eigenvalue weighted by atomic mass is 16.5. The lowest BCUT2D eigenvalue weighted by molar-refractivity contribution is 0.0648. The van der Waals surface area contributed by atoms with E-state index in [1.165, 1.54) is 0 Å². The monoisotopic (exact) mass is 427 g/mol. The molecule has 0 aliphatic carbocycles. The Morgan fingerprint density at radius 3 is 1.97 bits per heavy atom. The van der Waals surface area contributed by atoms with Gasteiger partial charge in [-0.2, -0.15) is 0 Å². The minimum absolute atomic E-state index is 0.0967. The first kappa shape index (κ1) is 21.5. The topological polar surface area (TPSA) is 63.7 Å². The van der Waals surface area contributed by atoms with Gasteiger partial charge in [0.25, 0.3) is 5.91 Å². The third-order valence-corrected chi connectivity index (χ3v) is 5.97. The van der Waals surface area contributed by atoms with E-state index < -0.39 is 0 Å². The van der Waals surface area contributed by atoms with Gasteiger partial charge in [-0.3, -0.25) is 14.4 Å². The number of carbonyl (C=O) groups is 3. The minimum atomic E-state index is -0.167. The largest absolute Gasteiger partial charge is 0.497 e. The highest BCUT2D eigenvalue weighted by Crippen LogP contribution is 2.25. The van der Waals surface area contributed by atoms with E-state index in [-0.39, 0.29) is 23.4 Å². The van der Waals surface area contributed by atoms with Crippen molar-refractivity contribution in [1.82, 2.24) is 4.90 Å². The van der Waals surface area contributed by atoms with Gasteiger partial charge in [0.2, 0.25) is 0 Å². The van der Waals surface area contributed by atoms with Crippen LogP contribution in [-0.4, -0.2) is 42.6 Å². The fourth-order valence-corrected chi connectivity index (χ4v) is 4.12. The van der Waals surface area contributed by atoms with Crippen LogP contribution in [0.3, 0.4) is 0 Å². The van der Waals surface area contributed by atoms with Crippen molar-refractivity contribution in [3.63, 3.8) is 0 Å². The van der Waals surface area contributed by atoms with Crippen LogP contribution >= 0.6 is 0 Å². The molecule has 0 unspecified atom stereocenters. The molecule has 0 atom stereocenters. The fourth-order valence-electron chi connectivity index (χ4n) is 4.12. The first-order chi connectivity index (χ1) is 15.6. The van der Waals surface area contributed by atoms with Crippen molar-refractivity contribution in [3.05, 3.63) is 101 Å². The number of methoxy groups -OCH3 is 1. The van der Waals surface area contributed by atoms with Crippen LogP contribution in [0.5, 0.6) is 5.75 Å². The molecule has 1 aliphatic heterocycles. The average Bonchev–Trinajstić information content (AvgIpc) is 2.88. The molecule has 1 aliphatic rings. The lowest BCUT2D eigenvalue weighted by Crippen LogP contribution is -2.40. The van der Waals surface area contributed by atoms with Crippen LogP contribution in [0, 0.1) is 5.92 Å². The Morgan fingerprint density at radius 2 is 1.34 bits per heavy atom. The van der Waals surface area contributed by atoms with Gasteiger partial charge in [0, 0.05) is 35.7 Å². The van der Waals surface area contributed by atoms with Gasteiger partial charge < -0.3 is 9.64 Å². The first-order valence-corrected chi connectivity index (χ1v) is 10.7. The number of hydrogen-bond donors (Lipinski definition) is 0. The van der Waals surface area contributed by atoms with Gasteiger partial charge in [-0.05, 0) is 43.2 Å². The molecule has 32 heavy (non-hydrogen) atoms. The molecular weight excluding hydrogens is 402 g/mol. The zero-order chi connectivity index (χ0) is 22.5. The minimum Gasteiger partial charge on any atom is -0.497 e. The lowest BCUT2D eigenvalue weighted by Gasteiger charge is -2.31. The van der Waals surface area contributed by atoms with Crippen LogP contribution in [0.25, 0.3) is 0 Å². The number of ketones is 2. The Labute approximate surface area is 187 Å². The van der Waals surface area contributed by atoms with Gasteiger partial charge in [0.1, 0.15) is 5.75 Å². The Balaban J connectivity index is 1.45. The number of carbonyl (C=O) groups excluding carboxylic acids is 3. The lowest BCUT2D eigenvalue weighted by atomic mass is 9.88. The van der Waals surface area contributed by atoms with Gasteiger partial charge >= 0.3 is 0 Å². The van der Waals surface area contributed by atoms with Crippen LogP contribution in [0.2, 0.25) is 0 Å². The standard InChI is InChI=1S/C27H25NO4/c1-32-22-13-11-20(12-14-22)25(29)21-15-17-28(18-16-21)27(31)24-10-6-5-9-23(24)26(30)19-7-3-2-4-8-19/h2-14,21H,15-18H2,1H3. The third kappa shape index (κ3) is 4.47. The molecule has 5 nitrogen and oxygen atoms in total. The van der Waals surface area contributed by atoms with Crippen LogP contribution in [0.4, 0.5) is 0 Å². The quantitative estimate of drug-likeness (QED) is 0.537. The average molecular weight is 428 g/mol. The number of piperidine rings is 1. The molecule has 5 heteroatoms. The maximum absolute atomic E-state index is 13.2. The van der Waals surface area contributed by atoms with E-state index >= 15 is 0 Å². The Hall–Kier alpha value is -3.73. The Kier molecular flexibility index (Phi) is 6.45. The maximum Gasteiger partial charge on any atom is 0.254 e. The summed E-state index contributed by atoms with van der Waals surface area (Å²) in [4.78, 5) is 40.8. The molecule has 0 saturated carbocycles. The van der Waals surface area contributed by atoms with Gasteiger partial charge in [0.05, 0.1) is 12.7 Å². The number of Topliss-reactive ketones (excluding diaryl/α,β-unsaturated/α-hetero) is 1. The summed E-state index contributed by atoms with van der Waals surface area (Å²) in [6.07, 6.45) is 1.21. The molecule has 3 aromatic rings. The maximum atomic E-state index is 13.2.